The second kappa shape index (κ2) is 18.6. The fourth-order valence-electron chi connectivity index (χ4n) is 9.71. The Morgan fingerprint density at radius 3 is 2.26 bits per heavy atom. The van der Waals surface area contributed by atoms with E-state index in [0.29, 0.717) is 114 Å². The molecule has 1 N–H and O–H groups in total. The first-order valence-electron chi connectivity index (χ1n) is 21.9. The van der Waals surface area contributed by atoms with Crippen LogP contribution in [0.15, 0.2) is 45.6 Å². The number of nitrogens with zero attached hydrogens (tertiary/aromatic N) is 7. The molecule has 4 saturated heterocycles. The molecule has 4 fully saturated rings. The number of aryl methyl sites for hydroxylation is 2. The third kappa shape index (κ3) is 9.29. The van der Waals surface area contributed by atoms with Gasteiger partial charge in [-0.15, -0.1) is 0 Å². The van der Waals surface area contributed by atoms with Crippen LogP contribution in [0.25, 0.3) is 11.1 Å². The average molecular weight is 857 g/mol. The molecule has 1 aromatic heterocycles. The fraction of sp³-hybridized carbons (Fsp3) is 0.568. The van der Waals surface area contributed by atoms with Crippen molar-refractivity contribution in [2.75, 3.05) is 83.9 Å². The lowest BCUT2D eigenvalue weighted by Crippen LogP contribution is -2.57. The predicted molar refractivity (Wildman–Crippen MR) is 225 cm³/mol. The predicted octanol–water partition coefficient (Wildman–Crippen LogP) is 2.34. The lowest BCUT2D eigenvalue weighted by atomic mass is 10.0. The molecule has 62 heavy (non-hydrogen) atoms. The van der Waals surface area contributed by atoms with Gasteiger partial charge in [-0.25, -0.2) is 19.2 Å². The van der Waals surface area contributed by atoms with Crippen molar-refractivity contribution in [3.05, 3.63) is 63.6 Å². The van der Waals surface area contributed by atoms with Crippen LogP contribution >= 0.6 is 0 Å². The summed E-state index contributed by atoms with van der Waals surface area (Å²) >= 11 is 0. The molecule has 0 bridgehead atoms. The highest BCUT2D eigenvalue weighted by Gasteiger charge is 2.37. The van der Waals surface area contributed by atoms with Crippen LogP contribution in [0.4, 0.5) is 15.3 Å². The summed E-state index contributed by atoms with van der Waals surface area (Å²) in [5.41, 5.74) is 4.43. The highest BCUT2D eigenvalue weighted by atomic mass is 16.6. The molecule has 6 heterocycles. The average Bonchev–Trinajstić information content (AvgIpc) is 3.76. The molecule has 18 heteroatoms. The number of para-hydroxylation sites is 1. The van der Waals surface area contributed by atoms with E-state index in [0.717, 1.165) is 29.7 Å². The summed E-state index contributed by atoms with van der Waals surface area (Å²) in [6.45, 7) is 6.91. The Bertz CT molecular complexity index is 2250. The second-order valence-corrected chi connectivity index (χ2v) is 17.0. The number of nitrogens with one attached hydrogen (secondary N) is 1. The zero-order chi connectivity index (χ0) is 43.5. The van der Waals surface area contributed by atoms with Crippen LogP contribution in [0, 0.1) is 6.92 Å². The van der Waals surface area contributed by atoms with Gasteiger partial charge in [-0.2, -0.15) is 0 Å². The van der Waals surface area contributed by atoms with E-state index in [1.807, 2.05) is 42.2 Å². The van der Waals surface area contributed by atoms with Crippen molar-refractivity contribution in [3.8, 4) is 0 Å². The molecule has 1 atom stereocenters. The SMILES string of the molecule is Cc1cc(C[C@@H](OC(=O)N2CCC(N3CCc4ccccc4NC3=O)CC2)C(=O)N2CCN(C3CCN(C(=O)C(=O)OCCN4CCCC4=O)CC3)CC2)cc2oc(=O)n(C)c12. The molecule has 3 aromatic rings. The van der Waals surface area contributed by atoms with E-state index < -0.39 is 29.8 Å². The van der Waals surface area contributed by atoms with E-state index in [1.165, 1.54) is 9.47 Å². The number of oxazole rings is 1. The number of hydrogen-bond acceptors (Lipinski definition) is 11. The van der Waals surface area contributed by atoms with Gasteiger partial charge < -0.3 is 43.7 Å². The number of anilines is 1. The number of piperazine rings is 1. The molecule has 8 rings (SSSR count). The van der Waals surface area contributed by atoms with Gasteiger partial charge in [-0.3, -0.25) is 23.9 Å². The Hall–Kier alpha value is -5.91. The van der Waals surface area contributed by atoms with Gasteiger partial charge >= 0.3 is 29.8 Å². The molecule has 5 aliphatic rings. The van der Waals surface area contributed by atoms with Gasteiger partial charge in [0.25, 0.3) is 5.91 Å². The van der Waals surface area contributed by atoms with Crippen LogP contribution in [0.1, 0.15) is 55.2 Å². The maximum Gasteiger partial charge on any atom is 0.419 e. The van der Waals surface area contributed by atoms with E-state index in [-0.39, 0.29) is 49.5 Å². The third-order valence-electron chi connectivity index (χ3n) is 13.2. The van der Waals surface area contributed by atoms with Crippen molar-refractivity contribution in [1.29, 1.82) is 0 Å². The number of hydrogen-bond donors (Lipinski definition) is 1. The molecular weight excluding hydrogens is 801 g/mol. The Balaban J connectivity index is 0.860. The normalized spacial score (nSPS) is 19.9. The number of benzene rings is 2. The van der Waals surface area contributed by atoms with Crippen LogP contribution in [-0.2, 0) is 48.5 Å². The summed E-state index contributed by atoms with van der Waals surface area (Å²) in [6, 6.07) is 11.4. The van der Waals surface area contributed by atoms with Crippen molar-refractivity contribution in [2.24, 2.45) is 7.05 Å². The molecule has 0 saturated carbocycles. The number of likely N-dealkylation sites (tertiary alicyclic amines) is 3. The van der Waals surface area contributed by atoms with Gasteiger partial charge in [-0.1, -0.05) is 24.3 Å². The summed E-state index contributed by atoms with van der Waals surface area (Å²) in [5.74, 6) is -2.34. The zero-order valence-electron chi connectivity index (χ0n) is 35.6. The molecule has 0 spiro atoms. The fourth-order valence-corrected chi connectivity index (χ4v) is 9.71. The molecule has 5 aliphatic heterocycles. The minimum Gasteiger partial charge on any atom is -0.457 e. The van der Waals surface area contributed by atoms with Crippen LogP contribution in [0.3, 0.4) is 0 Å². The van der Waals surface area contributed by atoms with Crippen LogP contribution in [0.2, 0.25) is 0 Å². The molecule has 332 valence electrons. The maximum absolute atomic E-state index is 14.4. The molecule has 0 unspecified atom stereocenters. The Morgan fingerprint density at radius 1 is 0.823 bits per heavy atom. The number of esters is 1. The monoisotopic (exact) mass is 856 g/mol. The number of aromatic nitrogens is 1. The standard InChI is InChI=1S/C44H56N8O10/c1-29-26-30(27-35-38(29)46(2)43(58)61-35)28-36(62-44(59)51-17-12-33(13-18-51)52-19-9-31-6-3-4-7-34(31)45-42(52)57)39(54)50-22-20-47(21-23-50)32-10-15-49(16-11-32)40(55)41(56)60-25-24-48-14-5-8-37(48)53/h3-4,6-7,26-27,32-33,36H,5,8-25,28H2,1-2H3,(H,45,57)/t36-/m1/s1. The quantitative estimate of drug-likeness (QED) is 0.246. The van der Waals surface area contributed by atoms with E-state index in [2.05, 4.69) is 10.2 Å². The largest absolute Gasteiger partial charge is 0.457 e. The van der Waals surface area contributed by atoms with Crippen LogP contribution < -0.4 is 11.1 Å². The zero-order valence-corrected chi connectivity index (χ0v) is 35.6. The Kier molecular flexibility index (Phi) is 12.8. The van der Waals surface area contributed by atoms with E-state index >= 15 is 0 Å². The smallest absolute Gasteiger partial charge is 0.419 e. The number of amides is 6. The number of urea groups is 1. The number of piperidine rings is 2. The summed E-state index contributed by atoms with van der Waals surface area (Å²) < 4.78 is 18.2. The van der Waals surface area contributed by atoms with Crippen LogP contribution in [0.5, 0.6) is 0 Å². The summed E-state index contributed by atoms with van der Waals surface area (Å²) in [6.07, 6.45) is 2.84. The van der Waals surface area contributed by atoms with Gasteiger partial charge in [-0.05, 0) is 74.3 Å². The lowest BCUT2D eigenvalue weighted by molar-refractivity contribution is -0.161. The van der Waals surface area contributed by atoms with Crippen molar-refractivity contribution in [2.45, 2.75) is 76.5 Å². The highest BCUT2D eigenvalue weighted by Crippen LogP contribution is 2.27. The topological polar surface area (TPSA) is 187 Å². The molecule has 0 aliphatic carbocycles. The minimum absolute atomic E-state index is 0.00900. The van der Waals surface area contributed by atoms with Crippen molar-refractivity contribution >= 4 is 52.6 Å². The van der Waals surface area contributed by atoms with E-state index in [1.54, 1.807) is 27.8 Å². The Morgan fingerprint density at radius 2 is 1.53 bits per heavy atom. The van der Waals surface area contributed by atoms with E-state index in [4.69, 9.17) is 13.9 Å². The molecule has 0 radical (unpaired) electrons. The van der Waals surface area contributed by atoms with E-state index in [9.17, 15) is 33.6 Å². The summed E-state index contributed by atoms with van der Waals surface area (Å²) in [4.78, 5) is 102. The minimum atomic E-state index is -1.14. The van der Waals surface area contributed by atoms with Gasteiger partial charge in [0.05, 0.1) is 12.1 Å². The van der Waals surface area contributed by atoms with Crippen molar-refractivity contribution in [1.82, 2.24) is 34.0 Å². The first kappa shape index (κ1) is 42.8. The number of rotatable bonds is 9. The molecular formula is C44H56N8O10. The summed E-state index contributed by atoms with van der Waals surface area (Å²) in [5, 5.41) is 3.03. The third-order valence-corrected chi connectivity index (χ3v) is 13.2. The number of carbonyl (C=O) groups is 6. The number of fused-ring (bicyclic) bond motifs is 2. The van der Waals surface area contributed by atoms with Crippen molar-refractivity contribution in [3.63, 3.8) is 0 Å². The number of carbonyl (C=O) groups excluding carboxylic acids is 6. The highest BCUT2D eigenvalue weighted by molar-refractivity contribution is 6.32. The molecule has 18 nitrogen and oxygen atoms in total. The van der Waals surface area contributed by atoms with Crippen molar-refractivity contribution < 1.29 is 42.7 Å². The first-order valence-corrected chi connectivity index (χ1v) is 21.9. The van der Waals surface area contributed by atoms with Gasteiger partial charge in [0.15, 0.2) is 11.7 Å². The summed E-state index contributed by atoms with van der Waals surface area (Å²) in [7, 11) is 1.64. The molecule has 2 aromatic carbocycles. The lowest BCUT2D eigenvalue weighted by Gasteiger charge is -2.43. The van der Waals surface area contributed by atoms with Gasteiger partial charge in [0.1, 0.15) is 6.61 Å². The molecule has 6 amide bonds. The number of ether oxygens (including phenoxy) is 2. The maximum atomic E-state index is 14.4. The van der Waals surface area contributed by atoms with Gasteiger partial charge in [0, 0.05) is 103 Å². The van der Waals surface area contributed by atoms with Crippen LogP contribution in [-0.4, -0.2) is 167 Å². The Labute approximate surface area is 359 Å². The first-order chi connectivity index (χ1) is 29.9. The van der Waals surface area contributed by atoms with Gasteiger partial charge in [0.2, 0.25) is 5.91 Å². The second-order valence-electron chi connectivity index (χ2n) is 17.0.